The Morgan fingerprint density at radius 2 is 2.19 bits per heavy atom. The van der Waals surface area contributed by atoms with Crippen LogP contribution in [0, 0.1) is 0 Å². The first-order chi connectivity index (χ1) is 7.65. The van der Waals surface area contributed by atoms with Crippen molar-refractivity contribution >= 4 is 29.3 Å². The van der Waals surface area contributed by atoms with Crippen LogP contribution >= 0.6 is 11.8 Å². The van der Waals surface area contributed by atoms with Crippen LogP contribution in [0.15, 0.2) is 29.2 Å². The van der Waals surface area contributed by atoms with Crippen molar-refractivity contribution in [3.63, 3.8) is 0 Å². The minimum Gasteiger partial charge on any atom is -0.469 e. The van der Waals surface area contributed by atoms with Gasteiger partial charge in [-0.1, -0.05) is 6.07 Å². The van der Waals surface area contributed by atoms with Crippen LogP contribution in [0.1, 0.15) is 6.42 Å². The fraction of sp³-hybridized carbons (Fsp3) is 0.273. The number of carbonyl (C=O) groups excluding carboxylic acids is 2. The first-order valence-corrected chi connectivity index (χ1v) is 5.89. The monoisotopic (exact) mass is 239 g/mol. The summed E-state index contributed by atoms with van der Waals surface area (Å²) in [6.45, 7) is 0. The Morgan fingerprint density at radius 1 is 1.44 bits per heavy atom. The third-order valence-electron chi connectivity index (χ3n) is 1.89. The van der Waals surface area contributed by atoms with Crippen molar-refractivity contribution in [1.29, 1.82) is 0 Å². The molecular formula is C11H13NO3S. The van der Waals surface area contributed by atoms with Crippen LogP contribution in [0.25, 0.3) is 0 Å². The van der Waals surface area contributed by atoms with E-state index in [1.165, 1.54) is 7.11 Å². The molecule has 0 spiro atoms. The van der Waals surface area contributed by atoms with E-state index in [1.807, 2.05) is 24.5 Å². The molecule has 16 heavy (non-hydrogen) atoms. The number of esters is 1. The Bertz CT molecular complexity index is 393. The highest BCUT2D eigenvalue weighted by Gasteiger charge is 2.09. The van der Waals surface area contributed by atoms with Crippen LogP contribution in [-0.2, 0) is 14.3 Å². The molecule has 0 heterocycles. The van der Waals surface area contributed by atoms with Crippen molar-refractivity contribution in [3.05, 3.63) is 24.3 Å². The van der Waals surface area contributed by atoms with Crippen molar-refractivity contribution in [2.45, 2.75) is 11.3 Å². The van der Waals surface area contributed by atoms with E-state index in [0.29, 0.717) is 5.69 Å². The topological polar surface area (TPSA) is 55.4 Å². The minimum atomic E-state index is -0.543. The highest BCUT2D eigenvalue weighted by Crippen LogP contribution is 2.18. The van der Waals surface area contributed by atoms with E-state index in [4.69, 9.17) is 0 Å². The molecule has 0 aliphatic carbocycles. The number of methoxy groups -OCH3 is 1. The Balaban J connectivity index is 2.59. The zero-order valence-electron chi connectivity index (χ0n) is 9.15. The SMILES string of the molecule is COC(=O)CC(=O)Nc1cccc(SC)c1. The van der Waals surface area contributed by atoms with Gasteiger partial charge < -0.3 is 10.1 Å². The maximum absolute atomic E-state index is 11.4. The molecule has 0 atom stereocenters. The van der Waals surface area contributed by atoms with Gasteiger partial charge >= 0.3 is 5.97 Å². The van der Waals surface area contributed by atoms with Crippen LogP contribution in [0.5, 0.6) is 0 Å². The van der Waals surface area contributed by atoms with Crippen molar-refractivity contribution in [3.8, 4) is 0 Å². The summed E-state index contributed by atoms with van der Waals surface area (Å²) in [5.41, 5.74) is 0.681. The lowest BCUT2D eigenvalue weighted by molar-refractivity contribution is -0.142. The maximum Gasteiger partial charge on any atom is 0.315 e. The van der Waals surface area contributed by atoms with Gasteiger partial charge in [0.25, 0.3) is 0 Å². The third-order valence-corrected chi connectivity index (χ3v) is 2.61. The molecule has 1 N–H and O–H groups in total. The summed E-state index contributed by atoms with van der Waals surface area (Å²) in [6, 6.07) is 7.41. The Kier molecular flexibility index (Phi) is 4.85. The minimum absolute atomic E-state index is 0.264. The van der Waals surface area contributed by atoms with Gasteiger partial charge in [-0.25, -0.2) is 0 Å². The van der Waals surface area contributed by atoms with Gasteiger partial charge in [0, 0.05) is 10.6 Å². The second-order valence-electron chi connectivity index (χ2n) is 3.03. The quantitative estimate of drug-likeness (QED) is 0.495. The number of amides is 1. The van der Waals surface area contributed by atoms with Gasteiger partial charge in [-0.3, -0.25) is 9.59 Å². The van der Waals surface area contributed by atoms with Crippen molar-refractivity contribution in [2.24, 2.45) is 0 Å². The number of anilines is 1. The zero-order chi connectivity index (χ0) is 12.0. The lowest BCUT2D eigenvalue weighted by Gasteiger charge is -2.05. The third kappa shape index (κ3) is 3.94. The molecule has 0 aliphatic rings. The lowest BCUT2D eigenvalue weighted by Crippen LogP contribution is -2.17. The van der Waals surface area contributed by atoms with Gasteiger partial charge in [0.2, 0.25) is 5.91 Å². The van der Waals surface area contributed by atoms with Crippen LogP contribution in [0.4, 0.5) is 5.69 Å². The molecule has 0 radical (unpaired) electrons. The highest BCUT2D eigenvalue weighted by atomic mass is 32.2. The van der Waals surface area contributed by atoms with E-state index in [-0.39, 0.29) is 12.3 Å². The van der Waals surface area contributed by atoms with Gasteiger partial charge in [0.05, 0.1) is 7.11 Å². The van der Waals surface area contributed by atoms with E-state index in [9.17, 15) is 9.59 Å². The molecule has 1 aromatic rings. The number of nitrogens with one attached hydrogen (secondary N) is 1. The van der Waals surface area contributed by atoms with E-state index in [1.54, 1.807) is 17.8 Å². The normalized spacial score (nSPS) is 9.62. The molecule has 1 amide bonds. The standard InChI is InChI=1S/C11H13NO3S/c1-15-11(14)7-10(13)12-8-4-3-5-9(6-8)16-2/h3-6H,7H2,1-2H3,(H,12,13). The van der Waals surface area contributed by atoms with E-state index in [0.717, 1.165) is 4.90 Å². The number of hydrogen-bond acceptors (Lipinski definition) is 4. The molecule has 1 rings (SSSR count). The van der Waals surface area contributed by atoms with E-state index < -0.39 is 5.97 Å². The Morgan fingerprint density at radius 3 is 2.81 bits per heavy atom. The summed E-state index contributed by atoms with van der Waals surface area (Å²) >= 11 is 1.59. The second kappa shape index (κ2) is 6.17. The second-order valence-corrected chi connectivity index (χ2v) is 3.91. The van der Waals surface area contributed by atoms with E-state index in [2.05, 4.69) is 10.1 Å². The molecule has 0 aromatic heterocycles. The largest absolute Gasteiger partial charge is 0.469 e. The van der Waals surface area contributed by atoms with Crippen LogP contribution in [-0.4, -0.2) is 25.2 Å². The molecule has 0 saturated heterocycles. The smallest absolute Gasteiger partial charge is 0.315 e. The Hall–Kier alpha value is -1.49. The molecule has 4 nitrogen and oxygen atoms in total. The molecule has 0 aliphatic heterocycles. The summed E-state index contributed by atoms with van der Waals surface area (Å²) in [7, 11) is 1.25. The number of ether oxygens (including phenoxy) is 1. The van der Waals surface area contributed by atoms with Crippen LogP contribution in [0.2, 0.25) is 0 Å². The fourth-order valence-electron chi connectivity index (χ4n) is 1.11. The average Bonchev–Trinajstić information content (AvgIpc) is 2.28. The number of benzene rings is 1. The molecule has 1 aromatic carbocycles. The van der Waals surface area contributed by atoms with Gasteiger partial charge in [-0.2, -0.15) is 0 Å². The first-order valence-electron chi connectivity index (χ1n) is 4.66. The van der Waals surface area contributed by atoms with Gasteiger partial charge in [0.15, 0.2) is 0 Å². The first kappa shape index (κ1) is 12.6. The molecule has 0 saturated carbocycles. The maximum atomic E-state index is 11.4. The van der Waals surface area contributed by atoms with Crippen LogP contribution < -0.4 is 5.32 Å². The zero-order valence-corrected chi connectivity index (χ0v) is 9.97. The summed E-state index contributed by atoms with van der Waals surface area (Å²) in [6.07, 6.45) is 1.69. The average molecular weight is 239 g/mol. The lowest BCUT2D eigenvalue weighted by atomic mass is 10.3. The molecule has 5 heteroatoms. The number of hydrogen-bond donors (Lipinski definition) is 1. The summed E-state index contributed by atoms with van der Waals surface area (Å²) in [5, 5.41) is 2.63. The molecule has 86 valence electrons. The Labute approximate surface area is 98.4 Å². The van der Waals surface area contributed by atoms with Crippen molar-refractivity contribution < 1.29 is 14.3 Å². The van der Waals surface area contributed by atoms with Crippen molar-refractivity contribution in [2.75, 3.05) is 18.7 Å². The van der Waals surface area contributed by atoms with Gasteiger partial charge in [0.1, 0.15) is 6.42 Å². The van der Waals surface area contributed by atoms with Crippen LogP contribution in [0.3, 0.4) is 0 Å². The predicted octanol–water partition coefficient (Wildman–Crippen LogP) is 1.91. The number of rotatable bonds is 4. The number of carbonyl (C=O) groups is 2. The fourth-order valence-corrected chi connectivity index (χ4v) is 1.57. The summed E-state index contributed by atoms with van der Waals surface area (Å²) < 4.78 is 4.40. The summed E-state index contributed by atoms with van der Waals surface area (Å²) in [5.74, 6) is -0.913. The van der Waals surface area contributed by atoms with Crippen molar-refractivity contribution in [1.82, 2.24) is 0 Å². The predicted molar refractivity (Wildman–Crippen MR) is 63.5 cm³/mol. The summed E-state index contributed by atoms with van der Waals surface area (Å²) in [4.78, 5) is 23.3. The molecule has 0 unspecified atom stereocenters. The molecule has 0 bridgehead atoms. The van der Waals surface area contributed by atoms with E-state index >= 15 is 0 Å². The molecule has 0 fully saturated rings. The molecular weight excluding hydrogens is 226 g/mol. The number of thioether (sulfide) groups is 1. The highest BCUT2D eigenvalue weighted by molar-refractivity contribution is 7.98. The van der Waals surface area contributed by atoms with Gasteiger partial charge in [-0.05, 0) is 24.5 Å². The van der Waals surface area contributed by atoms with Gasteiger partial charge in [-0.15, -0.1) is 11.8 Å².